The van der Waals surface area contributed by atoms with Crippen LogP contribution < -0.4 is 16.0 Å². The number of ether oxygens (including phenoxy) is 1. The normalized spacial score (nSPS) is 20.4. The lowest BCUT2D eigenvalue weighted by Crippen LogP contribution is -2.58. The molecular weight excluding hydrogens is 304 g/mol. The van der Waals surface area contributed by atoms with E-state index in [1.807, 2.05) is 6.07 Å². The van der Waals surface area contributed by atoms with Crippen LogP contribution in [0.4, 0.5) is 16.2 Å². The molecule has 7 heteroatoms. The number of cyclic esters (lactones) is 1. The molecule has 0 atom stereocenters. The SMILES string of the molecule is N=Cc1c(N)cc(Cl)cc1N1CCC2(CCOC(=O)N2)CC1. The van der Waals surface area contributed by atoms with Gasteiger partial charge >= 0.3 is 6.09 Å². The lowest BCUT2D eigenvalue weighted by molar-refractivity contribution is 0.0770. The maximum atomic E-state index is 11.5. The van der Waals surface area contributed by atoms with E-state index >= 15 is 0 Å². The van der Waals surface area contributed by atoms with Crippen LogP contribution >= 0.6 is 11.6 Å². The molecule has 2 aliphatic heterocycles. The van der Waals surface area contributed by atoms with E-state index in [0.717, 1.165) is 38.0 Å². The molecule has 2 saturated heterocycles. The Balaban J connectivity index is 1.79. The summed E-state index contributed by atoms with van der Waals surface area (Å²) in [6.07, 6.45) is 3.45. The summed E-state index contributed by atoms with van der Waals surface area (Å²) in [5, 5.41) is 11.1. The molecule has 0 unspecified atom stereocenters. The first-order valence-electron chi connectivity index (χ1n) is 7.32. The van der Waals surface area contributed by atoms with Crippen molar-refractivity contribution in [1.29, 1.82) is 5.41 Å². The molecule has 0 aromatic heterocycles. The van der Waals surface area contributed by atoms with Crippen LogP contribution in [0.1, 0.15) is 24.8 Å². The molecule has 22 heavy (non-hydrogen) atoms. The van der Waals surface area contributed by atoms with Crippen LogP contribution in [0.25, 0.3) is 0 Å². The van der Waals surface area contributed by atoms with Gasteiger partial charge in [0.1, 0.15) is 0 Å². The van der Waals surface area contributed by atoms with E-state index in [1.54, 1.807) is 6.07 Å². The molecule has 0 saturated carbocycles. The van der Waals surface area contributed by atoms with Crippen molar-refractivity contribution in [2.24, 2.45) is 0 Å². The Morgan fingerprint density at radius 3 is 2.73 bits per heavy atom. The number of benzene rings is 1. The van der Waals surface area contributed by atoms with Gasteiger partial charge in [0, 0.05) is 53.2 Å². The lowest BCUT2D eigenvalue weighted by Gasteiger charge is -2.45. The van der Waals surface area contributed by atoms with Gasteiger partial charge < -0.3 is 26.1 Å². The number of amides is 1. The van der Waals surface area contributed by atoms with E-state index < -0.39 is 0 Å². The lowest BCUT2D eigenvalue weighted by atomic mass is 9.83. The molecule has 0 radical (unpaired) electrons. The molecule has 2 fully saturated rings. The zero-order valence-corrected chi connectivity index (χ0v) is 12.9. The fourth-order valence-corrected chi connectivity index (χ4v) is 3.47. The predicted octanol–water partition coefficient (Wildman–Crippen LogP) is 2.39. The third kappa shape index (κ3) is 2.70. The van der Waals surface area contributed by atoms with Crippen LogP contribution in [0, 0.1) is 5.41 Å². The first kappa shape index (κ1) is 15.0. The maximum Gasteiger partial charge on any atom is 0.407 e. The van der Waals surface area contributed by atoms with Gasteiger partial charge in [0.15, 0.2) is 0 Å². The van der Waals surface area contributed by atoms with Crippen molar-refractivity contribution in [3.8, 4) is 0 Å². The minimum absolute atomic E-state index is 0.166. The van der Waals surface area contributed by atoms with Crippen molar-refractivity contribution >= 4 is 35.3 Å². The van der Waals surface area contributed by atoms with E-state index in [2.05, 4.69) is 10.2 Å². The highest BCUT2D eigenvalue weighted by molar-refractivity contribution is 6.31. The number of nitrogens with zero attached hydrogens (tertiary/aromatic N) is 1. The number of rotatable bonds is 2. The Morgan fingerprint density at radius 2 is 2.09 bits per heavy atom. The van der Waals surface area contributed by atoms with Crippen LogP contribution in [0.5, 0.6) is 0 Å². The Morgan fingerprint density at radius 1 is 1.36 bits per heavy atom. The standard InChI is InChI=1S/C15H19ClN4O2/c16-10-7-12(18)11(9-17)13(8-10)20-4-1-15(2-5-20)3-6-22-14(21)19-15/h7-9,17H,1-6,18H2,(H,19,21). The van der Waals surface area contributed by atoms with Gasteiger partial charge in [-0.3, -0.25) is 0 Å². The Hall–Kier alpha value is -1.95. The van der Waals surface area contributed by atoms with Crippen LogP contribution in [-0.4, -0.2) is 37.5 Å². The fraction of sp³-hybridized carbons (Fsp3) is 0.467. The van der Waals surface area contributed by atoms with Crippen molar-refractivity contribution in [2.75, 3.05) is 30.3 Å². The van der Waals surface area contributed by atoms with E-state index in [0.29, 0.717) is 22.9 Å². The smallest absolute Gasteiger partial charge is 0.407 e. The zero-order valence-electron chi connectivity index (χ0n) is 12.2. The molecule has 1 aromatic rings. The van der Waals surface area contributed by atoms with Crippen molar-refractivity contribution in [3.05, 3.63) is 22.7 Å². The monoisotopic (exact) mass is 322 g/mol. The van der Waals surface area contributed by atoms with E-state index in [9.17, 15) is 4.79 Å². The van der Waals surface area contributed by atoms with Crippen LogP contribution in [0.2, 0.25) is 5.02 Å². The summed E-state index contributed by atoms with van der Waals surface area (Å²) in [5.41, 5.74) is 7.88. The first-order valence-corrected chi connectivity index (χ1v) is 7.70. The van der Waals surface area contributed by atoms with Crippen molar-refractivity contribution in [1.82, 2.24) is 5.32 Å². The van der Waals surface area contributed by atoms with E-state index in [-0.39, 0.29) is 11.6 Å². The number of piperidine rings is 1. The van der Waals surface area contributed by atoms with E-state index in [4.69, 9.17) is 27.5 Å². The minimum Gasteiger partial charge on any atom is -0.449 e. The molecule has 1 aromatic carbocycles. The molecule has 6 nitrogen and oxygen atoms in total. The van der Waals surface area contributed by atoms with Crippen LogP contribution in [0.15, 0.2) is 12.1 Å². The summed E-state index contributed by atoms with van der Waals surface area (Å²) >= 11 is 6.10. The van der Waals surface area contributed by atoms with Gasteiger partial charge in [-0.1, -0.05) is 11.6 Å². The largest absolute Gasteiger partial charge is 0.449 e. The number of anilines is 2. The fourth-order valence-electron chi connectivity index (χ4n) is 3.25. The topological polar surface area (TPSA) is 91.4 Å². The molecule has 2 aliphatic rings. The predicted molar refractivity (Wildman–Crippen MR) is 87.0 cm³/mol. The first-order chi connectivity index (χ1) is 10.5. The molecule has 0 bridgehead atoms. The molecule has 1 spiro atoms. The number of nitrogen functional groups attached to an aromatic ring is 1. The summed E-state index contributed by atoms with van der Waals surface area (Å²) in [7, 11) is 0. The van der Waals surface area contributed by atoms with Crippen molar-refractivity contribution < 1.29 is 9.53 Å². The summed E-state index contributed by atoms with van der Waals surface area (Å²) in [5.74, 6) is 0. The number of carbonyl (C=O) groups excluding carboxylic acids is 1. The number of nitrogens with two attached hydrogens (primary N) is 1. The average Bonchev–Trinajstić information content (AvgIpc) is 2.47. The highest BCUT2D eigenvalue weighted by atomic mass is 35.5. The highest BCUT2D eigenvalue weighted by Gasteiger charge is 2.39. The second-order valence-corrected chi connectivity index (χ2v) is 6.29. The van der Waals surface area contributed by atoms with Gasteiger partial charge in [-0.15, -0.1) is 0 Å². The number of carbonyl (C=O) groups is 1. The average molecular weight is 323 g/mol. The zero-order chi connectivity index (χ0) is 15.7. The Kier molecular flexibility index (Phi) is 3.87. The molecule has 0 aliphatic carbocycles. The van der Waals surface area contributed by atoms with Gasteiger partial charge in [-0.2, -0.15) is 0 Å². The van der Waals surface area contributed by atoms with Crippen molar-refractivity contribution in [2.45, 2.75) is 24.8 Å². The van der Waals surface area contributed by atoms with Crippen LogP contribution in [-0.2, 0) is 4.74 Å². The molecule has 118 valence electrons. The molecular formula is C15H19ClN4O2. The van der Waals surface area contributed by atoms with Gasteiger partial charge in [0.2, 0.25) is 0 Å². The third-order valence-electron chi connectivity index (χ3n) is 4.54. The van der Waals surface area contributed by atoms with Gasteiger partial charge in [-0.25, -0.2) is 4.79 Å². The minimum atomic E-state index is -0.327. The number of hydrogen-bond donors (Lipinski definition) is 3. The summed E-state index contributed by atoms with van der Waals surface area (Å²) in [6, 6.07) is 3.51. The number of nitrogens with one attached hydrogen (secondary N) is 2. The van der Waals surface area contributed by atoms with Crippen LogP contribution in [0.3, 0.4) is 0 Å². The maximum absolute atomic E-state index is 11.5. The highest BCUT2D eigenvalue weighted by Crippen LogP contribution is 2.34. The quantitative estimate of drug-likeness (QED) is 0.576. The number of halogens is 1. The molecule has 2 heterocycles. The second kappa shape index (κ2) is 5.68. The summed E-state index contributed by atoms with van der Waals surface area (Å²) < 4.78 is 4.96. The molecule has 1 amide bonds. The summed E-state index contributed by atoms with van der Waals surface area (Å²) in [6.45, 7) is 2.03. The Bertz CT molecular complexity index is 612. The third-order valence-corrected chi connectivity index (χ3v) is 4.76. The van der Waals surface area contributed by atoms with Gasteiger partial charge in [0.25, 0.3) is 0 Å². The molecule has 4 N–H and O–H groups in total. The van der Waals surface area contributed by atoms with Gasteiger partial charge in [-0.05, 0) is 25.0 Å². The molecule has 3 rings (SSSR count). The van der Waals surface area contributed by atoms with Gasteiger partial charge in [0.05, 0.1) is 6.61 Å². The number of alkyl carbamates (subject to hydrolysis) is 1. The van der Waals surface area contributed by atoms with E-state index in [1.165, 1.54) is 6.21 Å². The number of hydrogen-bond acceptors (Lipinski definition) is 5. The summed E-state index contributed by atoms with van der Waals surface area (Å²) in [4.78, 5) is 13.6. The second-order valence-electron chi connectivity index (χ2n) is 5.85. The van der Waals surface area contributed by atoms with Crippen molar-refractivity contribution in [3.63, 3.8) is 0 Å². The Labute approximate surface area is 134 Å².